The molecule has 7 nitrogen and oxygen atoms in total. The van der Waals surface area contributed by atoms with Crippen LogP contribution in [0.2, 0.25) is 0 Å². The van der Waals surface area contributed by atoms with Gasteiger partial charge in [0.2, 0.25) is 5.91 Å². The number of amides is 1. The largest absolute Gasteiger partial charge is 0.360 e. The number of fused-ring (bicyclic) bond motifs is 1. The van der Waals surface area contributed by atoms with E-state index < -0.39 is 11.6 Å². The summed E-state index contributed by atoms with van der Waals surface area (Å²) in [7, 11) is 0. The second kappa shape index (κ2) is 6.16. The average molecular weight is 340 g/mol. The van der Waals surface area contributed by atoms with Crippen molar-refractivity contribution in [2.24, 2.45) is 0 Å². The Morgan fingerprint density at radius 1 is 1.20 bits per heavy atom. The van der Waals surface area contributed by atoms with Crippen LogP contribution in [0.15, 0.2) is 27.5 Å². The van der Waals surface area contributed by atoms with Crippen molar-refractivity contribution < 1.29 is 9.32 Å². The Bertz CT molecular complexity index is 1010. The zero-order chi connectivity index (χ0) is 18.3. The lowest BCUT2D eigenvalue weighted by Gasteiger charge is -2.17. The molecule has 0 aliphatic heterocycles. The summed E-state index contributed by atoms with van der Waals surface area (Å²) in [5.74, 6) is 0.225. The Kier molecular flexibility index (Phi) is 4.16. The van der Waals surface area contributed by atoms with Gasteiger partial charge in [0.1, 0.15) is 11.8 Å². The van der Waals surface area contributed by atoms with E-state index in [1.807, 2.05) is 32.0 Å². The summed E-state index contributed by atoms with van der Waals surface area (Å²) in [6, 6.07) is 4.99. The zero-order valence-electron chi connectivity index (χ0n) is 14.9. The van der Waals surface area contributed by atoms with E-state index in [0.29, 0.717) is 16.8 Å². The molecule has 0 saturated heterocycles. The molecular formula is C18H20N4O3. The minimum atomic E-state index is -0.786. The highest BCUT2D eigenvalue weighted by Crippen LogP contribution is 2.21. The van der Waals surface area contributed by atoms with E-state index in [2.05, 4.69) is 15.6 Å². The van der Waals surface area contributed by atoms with Crippen LogP contribution in [0.3, 0.4) is 0 Å². The van der Waals surface area contributed by atoms with Crippen molar-refractivity contribution >= 4 is 22.5 Å². The van der Waals surface area contributed by atoms with Gasteiger partial charge in [-0.1, -0.05) is 23.4 Å². The van der Waals surface area contributed by atoms with Gasteiger partial charge >= 0.3 is 0 Å². The summed E-state index contributed by atoms with van der Waals surface area (Å²) in [6.07, 6.45) is 0. The lowest BCUT2D eigenvalue weighted by molar-refractivity contribution is -0.119. The van der Waals surface area contributed by atoms with Crippen molar-refractivity contribution in [3.63, 3.8) is 0 Å². The molecule has 0 bridgehead atoms. The molecule has 0 radical (unpaired) electrons. The van der Waals surface area contributed by atoms with E-state index in [-0.39, 0.29) is 11.4 Å². The number of nitrogens with one attached hydrogen (secondary N) is 1. The number of anilines is 1. The molecule has 0 aliphatic rings. The van der Waals surface area contributed by atoms with E-state index in [1.165, 1.54) is 0 Å². The van der Waals surface area contributed by atoms with Gasteiger partial charge in [0.05, 0.1) is 11.1 Å². The fraction of sp³-hybridized carbons (Fsp3) is 0.333. The zero-order valence-corrected chi connectivity index (χ0v) is 14.9. The standard InChI is InChI=1S/C18H20N4O3/c1-9-7-6-8-10(2)15(9)19-17(23)12(4)22-18(24)16-14(11(3)20-22)13(5)25-21-16/h6-8,12H,1-5H3,(H,19,23)/t12-/m1/s1. The smallest absolute Gasteiger partial charge is 0.297 e. The molecule has 0 aliphatic carbocycles. The average Bonchev–Trinajstić information content (AvgIpc) is 2.96. The van der Waals surface area contributed by atoms with Crippen molar-refractivity contribution in [2.75, 3.05) is 5.32 Å². The van der Waals surface area contributed by atoms with E-state index in [9.17, 15) is 9.59 Å². The third-order valence-corrected chi connectivity index (χ3v) is 4.37. The molecule has 2 aromatic heterocycles. The Labute approximate surface area is 144 Å². The number of nitrogens with zero attached hydrogens (tertiary/aromatic N) is 3. The predicted molar refractivity (Wildman–Crippen MR) is 94.8 cm³/mol. The number of hydrogen-bond donors (Lipinski definition) is 1. The highest BCUT2D eigenvalue weighted by molar-refractivity contribution is 5.95. The van der Waals surface area contributed by atoms with Crippen LogP contribution in [0.1, 0.15) is 35.5 Å². The van der Waals surface area contributed by atoms with Crippen molar-refractivity contribution in [1.29, 1.82) is 0 Å². The molecule has 7 heteroatoms. The summed E-state index contributed by atoms with van der Waals surface area (Å²) in [6.45, 7) is 8.97. The molecule has 25 heavy (non-hydrogen) atoms. The quantitative estimate of drug-likeness (QED) is 0.792. The third kappa shape index (κ3) is 2.82. The molecule has 1 amide bonds. The topological polar surface area (TPSA) is 90.0 Å². The van der Waals surface area contributed by atoms with Gasteiger partial charge < -0.3 is 9.84 Å². The summed E-state index contributed by atoms with van der Waals surface area (Å²) in [5.41, 5.74) is 3.01. The molecule has 0 spiro atoms. The van der Waals surface area contributed by atoms with Crippen LogP contribution < -0.4 is 10.9 Å². The first-order valence-electron chi connectivity index (χ1n) is 8.03. The van der Waals surface area contributed by atoms with Crippen LogP contribution in [0.25, 0.3) is 10.9 Å². The van der Waals surface area contributed by atoms with Gasteiger partial charge in [-0.25, -0.2) is 4.68 Å². The number of carbonyl (C=O) groups is 1. The molecule has 1 atom stereocenters. The summed E-state index contributed by atoms with van der Waals surface area (Å²) in [4.78, 5) is 25.3. The van der Waals surface area contributed by atoms with Crippen molar-refractivity contribution in [1.82, 2.24) is 14.9 Å². The molecule has 0 unspecified atom stereocenters. The minimum Gasteiger partial charge on any atom is -0.360 e. The maximum absolute atomic E-state index is 12.7. The predicted octanol–water partition coefficient (Wildman–Crippen LogP) is 2.82. The van der Waals surface area contributed by atoms with Crippen LogP contribution >= 0.6 is 0 Å². The Morgan fingerprint density at radius 2 is 1.84 bits per heavy atom. The number of rotatable bonds is 3. The Morgan fingerprint density at radius 3 is 2.48 bits per heavy atom. The van der Waals surface area contributed by atoms with Gasteiger partial charge in [0.25, 0.3) is 5.56 Å². The summed E-state index contributed by atoms with van der Waals surface area (Å²) < 4.78 is 6.25. The van der Waals surface area contributed by atoms with E-state index >= 15 is 0 Å². The molecule has 2 heterocycles. The van der Waals surface area contributed by atoms with E-state index in [0.717, 1.165) is 21.5 Å². The van der Waals surface area contributed by atoms with Crippen LogP contribution in [0.5, 0.6) is 0 Å². The molecule has 0 fully saturated rings. The summed E-state index contributed by atoms with van der Waals surface area (Å²) >= 11 is 0. The number of para-hydroxylation sites is 1. The van der Waals surface area contributed by atoms with Gasteiger partial charge in [-0.05, 0) is 45.7 Å². The van der Waals surface area contributed by atoms with Gasteiger partial charge in [0.15, 0.2) is 5.52 Å². The fourth-order valence-electron chi connectivity index (χ4n) is 2.92. The number of carbonyl (C=O) groups excluding carboxylic acids is 1. The monoisotopic (exact) mass is 340 g/mol. The van der Waals surface area contributed by atoms with Crippen LogP contribution in [0, 0.1) is 27.7 Å². The van der Waals surface area contributed by atoms with E-state index in [1.54, 1.807) is 20.8 Å². The SMILES string of the molecule is Cc1cccc(C)c1NC(=O)[C@@H](C)n1nc(C)c2c(C)onc2c1=O. The first kappa shape index (κ1) is 16.9. The van der Waals surface area contributed by atoms with Crippen molar-refractivity contribution in [3.8, 4) is 0 Å². The van der Waals surface area contributed by atoms with Crippen LogP contribution in [-0.2, 0) is 4.79 Å². The first-order valence-corrected chi connectivity index (χ1v) is 8.03. The van der Waals surface area contributed by atoms with Gasteiger partial charge in [-0.3, -0.25) is 9.59 Å². The fourth-order valence-corrected chi connectivity index (χ4v) is 2.92. The minimum absolute atomic E-state index is 0.191. The second-order valence-corrected chi connectivity index (χ2v) is 6.23. The third-order valence-electron chi connectivity index (χ3n) is 4.37. The van der Waals surface area contributed by atoms with Crippen LogP contribution in [0.4, 0.5) is 5.69 Å². The lowest BCUT2D eigenvalue weighted by Crippen LogP contribution is -2.34. The molecule has 130 valence electrons. The van der Waals surface area contributed by atoms with Gasteiger partial charge in [-0.15, -0.1) is 0 Å². The van der Waals surface area contributed by atoms with E-state index in [4.69, 9.17) is 4.52 Å². The second-order valence-electron chi connectivity index (χ2n) is 6.23. The molecule has 0 saturated carbocycles. The molecule has 1 aromatic carbocycles. The number of aromatic nitrogens is 3. The van der Waals surface area contributed by atoms with Crippen molar-refractivity contribution in [2.45, 2.75) is 40.7 Å². The molecule has 3 aromatic rings. The molecule has 1 N–H and O–H groups in total. The Balaban J connectivity index is 1.99. The summed E-state index contributed by atoms with van der Waals surface area (Å²) in [5, 5.41) is 11.6. The highest BCUT2D eigenvalue weighted by Gasteiger charge is 2.23. The number of hydrogen-bond acceptors (Lipinski definition) is 5. The number of aryl methyl sites for hydroxylation is 4. The maximum Gasteiger partial charge on any atom is 0.297 e. The van der Waals surface area contributed by atoms with Gasteiger partial charge in [0, 0.05) is 5.69 Å². The number of benzene rings is 1. The van der Waals surface area contributed by atoms with Crippen molar-refractivity contribution in [3.05, 3.63) is 51.1 Å². The normalized spacial score (nSPS) is 12.4. The maximum atomic E-state index is 12.7. The Hall–Kier alpha value is -2.96. The highest BCUT2D eigenvalue weighted by atomic mass is 16.5. The lowest BCUT2D eigenvalue weighted by atomic mass is 10.1. The van der Waals surface area contributed by atoms with Crippen LogP contribution in [-0.4, -0.2) is 20.8 Å². The molecular weight excluding hydrogens is 320 g/mol. The molecule has 3 rings (SSSR count). The van der Waals surface area contributed by atoms with Gasteiger partial charge in [-0.2, -0.15) is 5.10 Å². The first-order chi connectivity index (χ1) is 11.8.